The Hall–Kier alpha value is -2.37. The average Bonchev–Trinajstić information content (AvgIpc) is 2.72. The van der Waals surface area contributed by atoms with Crippen LogP contribution in [0.2, 0.25) is 0 Å². The molecule has 0 aromatic carbocycles. The van der Waals surface area contributed by atoms with Gasteiger partial charge in [-0.15, -0.1) is 0 Å². The van der Waals surface area contributed by atoms with Crippen LogP contribution in [0.15, 0.2) is 4.79 Å². The molecule has 0 fully saturated rings. The van der Waals surface area contributed by atoms with Gasteiger partial charge >= 0.3 is 0 Å². The van der Waals surface area contributed by atoms with Crippen molar-refractivity contribution in [2.75, 3.05) is 42.5 Å². The first-order valence-corrected chi connectivity index (χ1v) is 5.81. The van der Waals surface area contributed by atoms with Gasteiger partial charge in [0.25, 0.3) is 11.5 Å². The number of nitrogen functional groups attached to an aromatic ring is 1. The Morgan fingerprint density at radius 1 is 1.57 bits per heavy atom. The normalized spacial score (nSPS) is 11.6. The lowest BCUT2D eigenvalue weighted by Gasteiger charge is -2.16. The van der Waals surface area contributed by atoms with E-state index >= 15 is 0 Å². The number of carboxylic acid groups (broad SMARTS) is 1. The van der Waals surface area contributed by atoms with E-state index < -0.39 is 5.97 Å². The average molecular weight is 304 g/mol. The topological polar surface area (TPSA) is 191 Å². The molecule has 1 aliphatic heterocycles. The van der Waals surface area contributed by atoms with Crippen molar-refractivity contribution in [2.45, 2.75) is 6.92 Å². The Bertz CT molecular complexity index is 515. The standard InChI is InChI=1S/C8H14N6O2.C2H4O2.H2O/c9-1-2-16-4-14-3-11-5-6(14)12-8(10)13-7(5)15;1-2(3)4;/h11H,1-4,9H2,(H3,10,12,13,15);1H3,(H,3,4);1H2. The monoisotopic (exact) mass is 304 g/mol. The quantitative estimate of drug-likeness (QED) is 0.382. The maximum Gasteiger partial charge on any atom is 0.300 e. The summed E-state index contributed by atoms with van der Waals surface area (Å²) < 4.78 is 5.27. The van der Waals surface area contributed by atoms with Crippen molar-refractivity contribution in [2.24, 2.45) is 5.73 Å². The van der Waals surface area contributed by atoms with Gasteiger partial charge in [0.05, 0.1) is 13.3 Å². The molecule has 0 amide bonds. The number of anilines is 3. The van der Waals surface area contributed by atoms with Crippen LogP contribution in [0.1, 0.15) is 6.92 Å². The Morgan fingerprint density at radius 3 is 2.76 bits per heavy atom. The molecule has 1 aromatic rings. The molecule has 0 saturated carbocycles. The van der Waals surface area contributed by atoms with Crippen molar-refractivity contribution >= 4 is 23.4 Å². The highest BCUT2D eigenvalue weighted by molar-refractivity contribution is 5.70. The first-order valence-electron chi connectivity index (χ1n) is 5.81. The van der Waals surface area contributed by atoms with Gasteiger partial charge in [-0.05, 0) is 0 Å². The van der Waals surface area contributed by atoms with E-state index in [9.17, 15) is 4.79 Å². The van der Waals surface area contributed by atoms with E-state index in [2.05, 4.69) is 15.3 Å². The Kier molecular flexibility index (Phi) is 7.75. The molecule has 0 unspecified atom stereocenters. The largest absolute Gasteiger partial charge is 0.481 e. The van der Waals surface area contributed by atoms with Crippen molar-refractivity contribution in [1.82, 2.24) is 9.97 Å². The molecule has 0 saturated heterocycles. The number of aromatic nitrogens is 2. The number of nitrogens with two attached hydrogens (primary N) is 2. The first kappa shape index (κ1) is 18.6. The summed E-state index contributed by atoms with van der Waals surface area (Å²) in [4.78, 5) is 28.7. The van der Waals surface area contributed by atoms with Crippen LogP contribution in [-0.4, -0.2) is 53.1 Å². The number of aromatic amines is 1. The lowest BCUT2D eigenvalue weighted by molar-refractivity contribution is -0.134. The number of H-pyrrole nitrogens is 1. The molecule has 0 bridgehead atoms. The molecule has 1 aliphatic rings. The van der Waals surface area contributed by atoms with E-state index in [4.69, 9.17) is 26.1 Å². The van der Waals surface area contributed by atoms with E-state index in [0.717, 1.165) is 6.92 Å². The predicted molar refractivity (Wildman–Crippen MR) is 77.0 cm³/mol. The van der Waals surface area contributed by atoms with Crippen LogP contribution in [0.5, 0.6) is 0 Å². The minimum atomic E-state index is -0.833. The molecule has 120 valence electrons. The number of ether oxygens (including phenoxy) is 1. The molecule has 2 heterocycles. The summed E-state index contributed by atoms with van der Waals surface area (Å²) >= 11 is 0. The van der Waals surface area contributed by atoms with Crippen LogP contribution in [-0.2, 0) is 9.53 Å². The summed E-state index contributed by atoms with van der Waals surface area (Å²) in [7, 11) is 0. The van der Waals surface area contributed by atoms with Crippen LogP contribution in [0.25, 0.3) is 0 Å². The zero-order valence-electron chi connectivity index (χ0n) is 11.5. The fourth-order valence-electron chi connectivity index (χ4n) is 1.48. The molecule has 0 atom stereocenters. The molecule has 11 nitrogen and oxygen atoms in total. The minimum Gasteiger partial charge on any atom is -0.481 e. The van der Waals surface area contributed by atoms with Crippen molar-refractivity contribution in [3.63, 3.8) is 0 Å². The van der Waals surface area contributed by atoms with Gasteiger partial charge < -0.3 is 37.0 Å². The van der Waals surface area contributed by atoms with Gasteiger partial charge in [0.1, 0.15) is 12.4 Å². The second-order valence-corrected chi connectivity index (χ2v) is 3.87. The number of rotatable bonds is 4. The Morgan fingerprint density at radius 2 is 2.19 bits per heavy atom. The maximum absolute atomic E-state index is 11.5. The first-order chi connectivity index (χ1) is 9.45. The molecule has 11 heteroatoms. The molecule has 2 rings (SSSR count). The molecule has 0 spiro atoms. The van der Waals surface area contributed by atoms with Crippen LogP contribution >= 0.6 is 0 Å². The Labute approximate surface area is 120 Å². The van der Waals surface area contributed by atoms with Crippen molar-refractivity contribution in [3.05, 3.63) is 10.4 Å². The van der Waals surface area contributed by atoms with Gasteiger partial charge in [-0.3, -0.25) is 14.6 Å². The van der Waals surface area contributed by atoms with Gasteiger partial charge in [-0.2, -0.15) is 4.98 Å². The number of nitrogens with one attached hydrogen (secondary N) is 2. The third-order valence-electron chi connectivity index (χ3n) is 2.17. The zero-order valence-corrected chi connectivity index (χ0v) is 11.5. The number of hydrogen-bond donors (Lipinski definition) is 5. The fourth-order valence-corrected chi connectivity index (χ4v) is 1.48. The highest BCUT2D eigenvalue weighted by Gasteiger charge is 2.23. The van der Waals surface area contributed by atoms with Crippen molar-refractivity contribution in [1.29, 1.82) is 0 Å². The molecule has 0 aliphatic carbocycles. The lowest BCUT2D eigenvalue weighted by Crippen LogP contribution is -2.27. The van der Waals surface area contributed by atoms with E-state index in [-0.39, 0.29) is 17.0 Å². The molecule has 1 aromatic heterocycles. The fraction of sp³-hybridized carbons (Fsp3) is 0.500. The number of carbonyl (C=O) groups is 1. The summed E-state index contributed by atoms with van der Waals surface area (Å²) in [5.74, 6) is -0.227. The van der Waals surface area contributed by atoms with Gasteiger partial charge in [-0.25, -0.2) is 0 Å². The second-order valence-electron chi connectivity index (χ2n) is 3.87. The summed E-state index contributed by atoms with van der Waals surface area (Å²) in [5.41, 5.74) is 10.9. The highest BCUT2D eigenvalue weighted by atomic mass is 16.5. The maximum atomic E-state index is 11.5. The number of hydrogen-bond acceptors (Lipinski definition) is 8. The SMILES string of the molecule is CC(=O)O.NCCOCN1CNc2c1nc(N)[nH]c2=O.O. The summed E-state index contributed by atoms with van der Waals surface area (Å²) in [5, 5.41) is 10.3. The third kappa shape index (κ3) is 5.64. The second kappa shape index (κ2) is 8.73. The number of nitrogens with zero attached hydrogens (tertiary/aromatic N) is 2. The van der Waals surface area contributed by atoms with Crippen LogP contribution in [0.3, 0.4) is 0 Å². The summed E-state index contributed by atoms with van der Waals surface area (Å²) in [6.45, 7) is 2.80. The minimum absolute atomic E-state index is 0. The van der Waals surface area contributed by atoms with Crippen LogP contribution in [0, 0.1) is 0 Å². The molecule has 0 radical (unpaired) electrons. The van der Waals surface area contributed by atoms with Crippen molar-refractivity contribution < 1.29 is 20.1 Å². The van der Waals surface area contributed by atoms with Crippen LogP contribution < -0.4 is 27.2 Å². The number of carboxylic acids is 1. The summed E-state index contributed by atoms with van der Waals surface area (Å²) in [6.07, 6.45) is 0. The zero-order chi connectivity index (χ0) is 15.1. The molecule has 9 N–H and O–H groups in total. The molecular formula is C10H20N6O5. The van der Waals surface area contributed by atoms with E-state index in [1.165, 1.54) is 0 Å². The van der Waals surface area contributed by atoms with Crippen molar-refractivity contribution in [3.8, 4) is 0 Å². The smallest absolute Gasteiger partial charge is 0.300 e. The van der Waals surface area contributed by atoms with Gasteiger partial charge in [0.15, 0.2) is 5.82 Å². The molecule has 21 heavy (non-hydrogen) atoms. The predicted octanol–water partition coefficient (Wildman–Crippen LogP) is -2.26. The molecular weight excluding hydrogens is 284 g/mol. The van der Waals surface area contributed by atoms with E-state index in [1.54, 1.807) is 4.90 Å². The van der Waals surface area contributed by atoms with Gasteiger partial charge in [-0.1, -0.05) is 0 Å². The van der Waals surface area contributed by atoms with E-state index in [1.807, 2.05) is 0 Å². The van der Waals surface area contributed by atoms with Gasteiger partial charge in [0.2, 0.25) is 5.95 Å². The lowest BCUT2D eigenvalue weighted by atomic mass is 10.5. The Balaban J connectivity index is 0.000000715. The van der Waals surface area contributed by atoms with E-state index in [0.29, 0.717) is 38.1 Å². The highest BCUT2D eigenvalue weighted by Crippen LogP contribution is 2.24. The summed E-state index contributed by atoms with van der Waals surface area (Å²) in [6, 6.07) is 0. The van der Waals surface area contributed by atoms with Gasteiger partial charge in [0, 0.05) is 13.5 Å². The van der Waals surface area contributed by atoms with Crippen LogP contribution in [0.4, 0.5) is 17.5 Å². The number of aliphatic carboxylic acids is 1. The number of fused-ring (bicyclic) bond motifs is 1. The third-order valence-corrected chi connectivity index (χ3v) is 2.17.